The molecule has 3 aromatic rings. The third kappa shape index (κ3) is 5.12. The van der Waals surface area contributed by atoms with Crippen molar-refractivity contribution in [3.05, 3.63) is 61.5 Å². The monoisotopic (exact) mass is 448 g/mol. The molecule has 9 heteroatoms. The molecule has 0 amide bonds. The second-order valence-electron chi connectivity index (χ2n) is 4.79. The zero-order chi connectivity index (χ0) is 17.8. The first-order chi connectivity index (χ1) is 12.0. The SMILES string of the molecule is S=c1sc(SCCOc2ccc(Cl)cc2)nn1-c1ccc(Cl)c(Cl)c1. The van der Waals surface area contributed by atoms with Crippen LogP contribution in [0.3, 0.4) is 0 Å². The minimum Gasteiger partial charge on any atom is -0.493 e. The molecule has 0 radical (unpaired) electrons. The van der Waals surface area contributed by atoms with Gasteiger partial charge in [-0.25, -0.2) is 4.68 Å². The lowest BCUT2D eigenvalue weighted by Gasteiger charge is -2.05. The van der Waals surface area contributed by atoms with Gasteiger partial charge in [0, 0.05) is 10.8 Å². The summed E-state index contributed by atoms with van der Waals surface area (Å²) < 4.78 is 8.87. The number of nitrogens with zero attached hydrogens (tertiary/aromatic N) is 2. The average molecular weight is 450 g/mol. The highest BCUT2D eigenvalue weighted by Crippen LogP contribution is 2.28. The molecule has 0 unspecified atom stereocenters. The van der Waals surface area contributed by atoms with E-state index in [1.807, 2.05) is 18.2 Å². The lowest BCUT2D eigenvalue weighted by molar-refractivity contribution is 0.344. The molecule has 0 spiro atoms. The van der Waals surface area contributed by atoms with Crippen LogP contribution in [0.15, 0.2) is 46.8 Å². The van der Waals surface area contributed by atoms with Crippen molar-refractivity contribution < 1.29 is 4.74 Å². The van der Waals surface area contributed by atoms with Crippen molar-refractivity contribution in [2.24, 2.45) is 0 Å². The van der Waals surface area contributed by atoms with Crippen LogP contribution in [0.4, 0.5) is 0 Å². The van der Waals surface area contributed by atoms with Gasteiger partial charge in [0.05, 0.1) is 22.3 Å². The van der Waals surface area contributed by atoms with E-state index in [1.165, 1.54) is 11.3 Å². The fourth-order valence-corrected chi connectivity index (χ4v) is 4.59. The molecule has 0 saturated heterocycles. The minimum absolute atomic E-state index is 0.472. The first-order valence-corrected chi connectivity index (χ1v) is 10.4. The largest absolute Gasteiger partial charge is 0.493 e. The second kappa shape index (κ2) is 8.75. The maximum atomic E-state index is 6.06. The topological polar surface area (TPSA) is 27.1 Å². The van der Waals surface area contributed by atoms with Crippen molar-refractivity contribution in [2.45, 2.75) is 4.34 Å². The number of hydrogen-bond donors (Lipinski definition) is 0. The van der Waals surface area contributed by atoms with Crippen LogP contribution in [0.2, 0.25) is 15.1 Å². The van der Waals surface area contributed by atoms with E-state index in [4.69, 9.17) is 51.8 Å². The third-order valence-electron chi connectivity index (χ3n) is 3.07. The van der Waals surface area contributed by atoms with Crippen molar-refractivity contribution in [3.63, 3.8) is 0 Å². The predicted molar refractivity (Wildman–Crippen MR) is 110 cm³/mol. The number of hydrogen-bond acceptors (Lipinski definition) is 5. The van der Waals surface area contributed by atoms with Gasteiger partial charge in [-0.2, -0.15) is 0 Å². The fraction of sp³-hybridized carbons (Fsp3) is 0.125. The van der Waals surface area contributed by atoms with Gasteiger partial charge in [-0.1, -0.05) is 57.9 Å². The van der Waals surface area contributed by atoms with E-state index in [-0.39, 0.29) is 0 Å². The lowest BCUT2D eigenvalue weighted by atomic mass is 10.3. The van der Waals surface area contributed by atoms with E-state index >= 15 is 0 Å². The molecule has 0 aliphatic heterocycles. The first-order valence-electron chi connectivity index (χ1n) is 7.10. The molecule has 1 heterocycles. The summed E-state index contributed by atoms with van der Waals surface area (Å²) in [4.78, 5) is 0. The van der Waals surface area contributed by atoms with Gasteiger partial charge in [-0.15, -0.1) is 5.10 Å². The van der Waals surface area contributed by atoms with Gasteiger partial charge >= 0.3 is 0 Å². The van der Waals surface area contributed by atoms with Crippen LogP contribution in [-0.4, -0.2) is 22.1 Å². The molecule has 0 bridgehead atoms. The summed E-state index contributed by atoms with van der Waals surface area (Å²) >= 11 is 26.3. The van der Waals surface area contributed by atoms with Gasteiger partial charge < -0.3 is 4.74 Å². The molecule has 25 heavy (non-hydrogen) atoms. The minimum atomic E-state index is 0.472. The Balaban J connectivity index is 1.59. The van der Waals surface area contributed by atoms with Gasteiger partial charge in [0.2, 0.25) is 0 Å². The van der Waals surface area contributed by atoms with Crippen LogP contribution in [-0.2, 0) is 0 Å². The molecular weight excluding hydrogens is 439 g/mol. The second-order valence-corrected chi connectivity index (χ2v) is 9.01. The Bertz CT molecular complexity index is 925. The van der Waals surface area contributed by atoms with Crippen LogP contribution in [0, 0.1) is 3.95 Å². The van der Waals surface area contributed by atoms with Gasteiger partial charge in [0.1, 0.15) is 5.75 Å². The highest BCUT2D eigenvalue weighted by molar-refractivity contribution is 8.01. The molecule has 2 aromatic carbocycles. The Morgan fingerprint density at radius 2 is 1.84 bits per heavy atom. The molecule has 3 nitrogen and oxygen atoms in total. The summed E-state index contributed by atoms with van der Waals surface area (Å²) in [5, 5.41) is 6.19. The number of halogens is 3. The van der Waals surface area contributed by atoms with Crippen LogP contribution in [0.1, 0.15) is 0 Å². The standard InChI is InChI=1S/C16H11Cl3N2OS3/c17-10-1-4-12(5-2-10)22-7-8-24-15-20-21(16(23)25-15)11-3-6-13(18)14(19)9-11/h1-6,9H,7-8H2. The Labute approximate surface area is 173 Å². The highest BCUT2D eigenvalue weighted by Gasteiger charge is 2.08. The first kappa shape index (κ1) is 19.0. The number of ether oxygens (including phenoxy) is 1. The van der Waals surface area contributed by atoms with Gasteiger partial charge in [0.15, 0.2) is 8.29 Å². The van der Waals surface area contributed by atoms with Gasteiger partial charge in [-0.05, 0) is 54.7 Å². The normalized spacial score (nSPS) is 10.8. The molecule has 130 valence electrons. The predicted octanol–water partition coefficient (Wildman–Crippen LogP) is 6.79. The summed E-state index contributed by atoms with van der Waals surface area (Å²) in [6, 6.07) is 12.6. The lowest BCUT2D eigenvalue weighted by Crippen LogP contribution is -2.00. The third-order valence-corrected chi connectivity index (χ3v) is 6.39. The quantitative estimate of drug-likeness (QED) is 0.235. The Hall–Kier alpha value is -0.760. The van der Waals surface area contributed by atoms with Crippen LogP contribution in [0.25, 0.3) is 5.69 Å². The van der Waals surface area contributed by atoms with Crippen LogP contribution >= 0.6 is 70.1 Å². The molecule has 0 N–H and O–H groups in total. The summed E-state index contributed by atoms with van der Waals surface area (Å²) in [5.74, 6) is 1.55. The molecule has 0 aliphatic rings. The summed E-state index contributed by atoms with van der Waals surface area (Å²) in [7, 11) is 0. The molecule has 0 aliphatic carbocycles. The number of rotatable bonds is 6. The summed E-state index contributed by atoms with van der Waals surface area (Å²) in [5.41, 5.74) is 0.792. The van der Waals surface area contributed by atoms with E-state index in [0.29, 0.717) is 25.6 Å². The molecular formula is C16H11Cl3N2OS3. The molecule has 1 aromatic heterocycles. The van der Waals surface area contributed by atoms with Gasteiger partial charge in [0.25, 0.3) is 0 Å². The van der Waals surface area contributed by atoms with E-state index in [1.54, 1.807) is 40.7 Å². The van der Waals surface area contributed by atoms with Gasteiger partial charge in [-0.3, -0.25) is 0 Å². The molecule has 0 fully saturated rings. The summed E-state index contributed by atoms with van der Waals surface area (Å²) in [6.07, 6.45) is 0. The van der Waals surface area contributed by atoms with E-state index in [9.17, 15) is 0 Å². The maximum Gasteiger partial charge on any atom is 0.184 e. The van der Waals surface area contributed by atoms with Crippen molar-refractivity contribution in [1.82, 2.24) is 9.78 Å². The number of aromatic nitrogens is 2. The Kier molecular flexibility index (Phi) is 6.66. The smallest absolute Gasteiger partial charge is 0.184 e. The van der Waals surface area contributed by atoms with Crippen LogP contribution in [0.5, 0.6) is 5.75 Å². The molecule has 0 saturated carbocycles. The van der Waals surface area contributed by atoms with Crippen molar-refractivity contribution in [1.29, 1.82) is 0 Å². The van der Waals surface area contributed by atoms with Crippen LogP contribution < -0.4 is 4.74 Å². The zero-order valence-electron chi connectivity index (χ0n) is 12.6. The summed E-state index contributed by atoms with van der Waals surface area (Å²) in [6.45, 7) is 0.561. The van der Waals surface area contributed by atoms with E-state index in [0.717, 1.165) is 21.5 Å². The fourth-order valence-electron chi connectivity index (χ4n) is 1.92. The highest BCUT2D eigenvalue weighted by atomic mass is 35.5. The van der Waals surface area contributed by atoms with Crippen molar-refractivity contribution in [2.75, 3.05) is 12.4 Å². The zero-order valence-corrected chi connectivity index (χ0v) is 17.3. The van der Waals surface area contributed by atoms with E-state index < -0.39 is 0 Å². The Morgan fingerprint density at radius 1 is 1.08 bits per heavy atom. The Morgan fingerprint density at radius 3 is 2.56 bits per heavy atom. The van der Waals surface area contributed by atoms with Crippen molar-refractivity contribution in [3.8, 4) is 11.4 Å². The number of thioether (sulfide) groups is 1. The molecule has 0 atom stereocenters. The van der Waals surface area contributed by atoms with E-state index in [2.05, 4.69) is 5.10 Å². The maximum absolute atomic E-state index is 6.06. The molecule has 3 rings (SSSR count). The van der Waals surface area contributed by atoms with Crippen molar-refractivity contribution >= 4 is 70.1 Å². The number of benzene rings is 2. The average Bonchev–Trinajstić information content (AvgIpc) is 2.96.